The molecule has 1 unspecified atom stereocenters. The van der Waals surface area contributed by atoms with Crippen LogP contribution in [0.3, 0.4) is 0 Å². The minimum Gasteiger partial charge on any atom is -0.441 e. The van der Waals surface area contributed by atoms with Gasteiger partial charge in [-0.1, -0.05) is 18.2 Å². The van der Waals surface area contributed by atoms with Gasteiger partial charge in [-0.25, -0.2) is 4.98 Å². The number of oxazole rings is 1. The zero-order valence-corrected chi connectivity index (χ0v) is 9.02. The quantitative estimate of drug-likeness (QED) is 0.834. The van der Waals surface area contributed by atoms with Gasteiger partial charge < -0.3 is 9.73 Å². The van der Waals surface area contributed by atoms with Gasteiger partial charge in [0.2, 0.25) is 5.89 Å². The lowest BCUT2D eigenvalue weighted by atomic mass is 10.1. The molecule has 1 saturated heterocycles. The van der Waals surface area contributed by atoms with E-state index in [2.05, 4.69) is 10.3 Å². The Kier molecular flexibility index (Phi) is 2.46. The van der Waals surface area contributed by atoms with Crippen LogP contribution in [-0.2, 0) is 0 Å². The molecule has 3 nitrogen and oxygen atoms in total. The van der Waals surface area contributed by atoms with Gasteiger partial charge in [-0.15, -0.1) is 0 Å². The van der Waals surface area contributed by atoms with Gasteiger partial charge in [0.25, 0.3) is 0 Å². The highest BCUT2D eigenvalue weighted by molar-refractivity contribution is 5.52. The molecule has 2 aromatic rings. The van der Waals surface area contributed by atoms with E-state index in [1.54, 1.807) is 0 Å². The summed E-state index contributed by atoms with van der Waals surface area (Å²) >= 11 is 0. The van der Waals surface area contributed by atoms with Crippen LogP contribution >= 0.6 is 0 Å². The van der Waals surface area contributed by atoms with Gasteiger partial charge in [-0.3, -0.25) is 0 Å². The van der Waals surface area contributed by atoms with Crippen molar-refractivity contribution in [1.82, 2.24) is 10.3 Å². The van der Waals surface area contributed by atoms with E-state index in [4.69, 9.17) is 4.42 Å². The molecule has 1 aromatic carbocycles. The Morgan fingerprint density at radius 3 is 2.88 bits per heavy atom. The smallest absolute Gasteiger partial charge is 0.226 e. The van der Waals surface area contributed by atoms with Crippen LogP contribution in [0, 0.1) is 0 Å². The van der Waals surface area contributed by atoms with Gasteiger partial charge in [-0.05, 0) is 25.1 Å². The maximum atomic E-state index is 5.80. The number of hydrogen-bond donors (Lipinski definition) is 1. The Labute approximate surface area is 94.5 Å². The Bertz CT molecular complexity index is 458. The standard InChI is InChI=1S/C13H14N2O/c1-2-4-10(5-3-1)13-15-9-12(16-13)11-6-7-14-8-11/h1-5,9,11,14H,6-8H2. The predicted molar refractivity (Wildman–Crippen MR) is 62.2 cm³/mol. The second kappa shape index (κ2) is 4.10. The Hall–Kier alpha value is -1.61. The lowest BCUT2D eigenvalue weighted by Crippen LogP contribution is -2.07. The van der Waals surface area contributed by atoms with Crippen LogP contribution in [0.15, 0.2) is 40.9 Å². The van der Waals surface area contributed by atoms with E-state index in [0.717, 1.165) is 36.7 Å². The normalized spacial score (nSPS) is 20.1. The van der Waals surface area contributed by atoms with E-state index in [9.17, 15) is 0 Å². The first-order valence-corrected chi connectivity index (χ1v) is 5.65. The van der Waals surface area contributed by atoms with E-state index in [1.807, 2.05) is 36.5 Å². The fourth-order valence-corrected chi connectivity index (χ4v) is 2.09. The Morgan fingerprint density at radius 1 is 1.25 bits per heavy atom. The van der Waals surface area contributed by atoms with Crippen LogP contribution in [0.25, 0.3) is 11.5 Å². The lowest BCUT2D eigenvalue weighted by Gasteiger charge is -2.01. The van der Waals surface area contributed by atoms with Gasteiger partial charge in [0, 0.05) is 18.0 Å². The molecule has 1 atom stereocenters. The average molecular weight is 214 g/mol. The van der Waals surface area contributed by atoms with E-state index in [-0.39, 0.29) is 0 Å². The summed E-state index contributed by atoms with van der Waals surface area (Å²) in [6.45, 7) is 2.08. The van der Waals surface area contributed by atoms with Crippen molar-refractivity contribution in [2.24, 2.45) is 0 Å². The molecule has 82 valence electrons. The molecule has 0 radical (unpaired) electrons. The number of rotatable bonds is 2. The zero-order chi connectivity index (χ0) is 10.8. The Balaban J connectivity index is 1.87. The summed E-state index contributed by atoms with van der Waals surface area (Å²) in [6.07, 6.45) is 3.00. The molecule has 1 aromatic heterocycles. The number of benzene rings is 1. The van der Waals surface area contributed by atoms with Gasteiger partial charge >= 0.3 is 0 Å². The van der Waals surface area contributed by atoms with Gasteiger partial charge in [0.05, 0.1) is 6.20 Å². The van der Waals surface area contributed by atoms with E-state index >= 15 is 0 Å². The molecule has 0 amide bonds. The summed E-state index contributed by atoms with van der Waals surface area (Å²) in [7, 11) is 0. The first-order valence-electron chi connectivity index (χ1n) is 5.65. The minimum absolute atomic E-state index is 0.491. The number of hydrogen-bond acceptors (Lipinski definition) is 3. The second-order valence-electron chi connectivity index (χ2n) is 4.12. The molecular formula is C13H14N2O. The van der Waals surface area contributed by atoms with Gasteiger partial charge in [0.1, 0.15) is 5.76 Å². The van der Waals surface area contributed by atoms with Gasteiger partial charge in [0.15, 0.2) is 0 Å². The summed E-state index contributed by atoms with van der Waals surface area (Å²) in [4.78, 5) is 4.34. The molecule has 1 N–H and O–H groups in total. The van der Waals surface area contributed by atoms with Crippen molar-refractivity contribution in [2.75, 3.05) is 13.1 Å². The van der Waals surface area contributed by atoms with E-state index < -0.39 is 0 Å². The highest BCUT2D eigenvalue weighted by Gasteiger charge is 2.20. The first-order chi connectivity index (χ1) is 7.93. The molecule has 0 saturated carbocycles. The lowest BCUT2D eigenvalue weighted by molar-refractivity contribution is 0.481. The summed E-state index contributed by atoms with van der Waals surface area (Å²) in [6, 6.07) is 10.0. The molecular weight excluding hydrogens is 200 g/mol. The summed E-state index contributed by atoms with van der Waals surface area (Å²) in [5.74, 6) is 2.22. The molecule has 0 aliphatic carbocycles. The Morgan fingerprint density at radius 2 is 2.12 bits per heavy atom. The largest absolute Gasteiger partial charge is 0.441 e. The van der Waals surface area contributed by atoms with Crippen molar-refractivity contribution in [3.63, 3.8) is 0 Å². The molecule has 3 heteroatoms. The van der Waals surface area contributed by atoms with Crippen molar-refractivity contribution in [3.05, 3.63) is 42.3 Å². The zero-order valence-electron chi connectivity index (χ0n) is 9.02. The summed E-state index contributed by atoms with van der Waals surface area (Å²) in [5.41, 5.74) is 1.04. The fraction of sp³-hybridized carbons (Fsp3) is 0.308. The molecule has 16 heavy (non-hydrogen) atoms. The molecule has 3 rings (SSSR count). The van der Waals surface area contributed by atoms with Crippen LogP contribution in [0.4, 0.5) is 0 Å². The van der Waals surface area contributed by atoms with E-state index in [1.165, 1.54) is 0 Å². The first kappa shape index (κ1) is 9.60. The van der Waals surface area contributed by atoms with Crippen molar-refractivity contribution < 1.29 is 4.42 Å². The van der Waals surface area contributed by atoms with Crippen LogP contribution in [0.1, 0.15) is 18.1 Å². The maximum Gasteiger partial charge on any atom is 0.226 e. The van der Waals surface area contributed by atoms with Crippen LogP contribution in [0.5, 0.6) is 0 Å². The minimum atomic E-state index is 0.491. The highest BCUT2D eigenvalue weighted by atomic mass is 16.4. The highest BCUT2D eigenvalue weighted by Crippen LogP contribution is 2.26. The van der Waals surface area contributed by atoms with E-state index in [0.29, 0.717) is 5.92 Å². The molecule has 1 aliphatic rings. The molecule has 2 heterocycles. The van der Waals surface area contributed by atoms with Crippen LogP contribution < -0.4 is 5.32 Å². The summed E-state index contributed by atoms with van der Waals surface area (Å²) < 4.78 is 5.80. The number of nitrogens with one attached hydrogen (secondary N) is 1. The SMILES string of the molecule is c1ccc(-c2ncc(C3CCNC3)o2)cc1. The summed E-state index contributed by atoms with van der Waals surface area (Å²) in [5, 5.41) is 3.33. The number of nitrogens with zero attached hydrogens (tertiary/aromatic N) is 1. The van der Waals surface area contributed by atoms with Crippen molar-refractivity contribution in [3.8, 4) is 11.5 Å². The van der Waals surface area contributed by atoms with Crippen molar-refractivity contribution in [2.45, 2.75) is 12.3 Å². The van der Waals surface area contributed by atoms with Crippen molar-refractivity contribution in [1.29, 1.82) is 0 Å². The predicted octanol–water partition coefficient (Wildman–Crippen LogP) is 2.42. The second-order valence-corrected chi connectivity index (χ2v) is 4.12. The fourth-order valence-electron chi connectivity index (χ4n) is 2.09. The van der Waals surface area contributed by atoms with Crippen LogP contribution in [-0.4, -0.2) is 18.1 Å². The number of aromatic nitrogens is 1. The molecule has 1 aliphatic heterocycles. The third-order valence-electron chi connectivity index (χ3n) is 3.01. The average Bonchev–Trinajstić information content (AvgIpc) is 3.01. The molecule has 0 bridgehead atoms. The monoisotopic (exact) mass is 214 g/mol. The van der Waals surface area contributed by atoms with Gasteiger partial charge in [-0.2, -0.15) is 0 Å². The van der Waals surface area contributed by atoms with Crippen LogP contribution in [0.2, 0.25) is 0 Å². The topological polar surface area (TPSA) is 38.1 Å². The van der Waals surface area contributed by atoms with Crippen molar-refractivity contribution >= 4 is 0 Å². The third kappa shape index (κ3) is 1.74. The maximum absolute atomic E-state index is 5.80. The third-order valence-corrected chi connectivity index (χ3v) is 3.01. The molecule has 0 spiro atoms. The molecule has 1 fully saturated rings.